The van der Waals surface area contributed by atoms with Gasteiger partial charge in [-0.2, -0.15) is 10.2 Å². The number of rotatable bonds is 5. The molecule has 2 rings (SSSR count). The summed E-state index contributed by atoms with van der Waals surface area (Å²) in [6.07, 6.45) is 3.62. The molecule has 110 valence electrons. The molecule has 0 saturated heterocycles. The van der Waals surface area contributed by atoms with E-state index in [0.29, 0.717) is 5.69 Å². The number of aromatic nitrogens is 2. The van der Waals surface area contributed by atoms with E-state index in [4.69, 9.17) is 16.7 Å². The predicted molar refractivity (Wildman–Crippen MR) is 82.1 cm³/mol. The van der Waals surface area contributed by atoms with Crippen LogP contribution in [0.1, 0.15) is 29.8 Å². The van der Waals surface area contributed by atoms with E-state index in [1.807, 2.05) is 20.0 Å². The third-order valence-electron chi connectivity index (χ3n) is 2.92. The Bertz CT molecular complexity index is 694. The second-order valence-electron chi connectivity index (χ2n) is 4.39. The van der Waals surface area contributed by atoms with Crippen LogP contribution in [0.4, 0.5) is 5.69 Å². The van der Waals surface area contributed by atoms with Crippen LogP contribution in [0.2, 0.25) is 5.02 Å². The fourth-order valence-corrected chi connectivity index (χ4v) is 1.89. The molecule has 0 bridgehead atoms. The van der Waals surface area contributed by atoms with Crippen LogP contribution in [0.5, 0.6) is 0 Å². The van der Waals surface area contributed by atoms with Crippen LogP contribution in [-0.2, 0) is 6.54 Å². The van der Waals surface area contributed by atoms with Gasteiger partial charge in [-0.25, -0.2) is 4.79 Å². The molecule has 1 heterocycles. The van der Waals surface area contributed by atoms with Crippen LogP contribution in [0.15, 0.2) is 35.7 Å². The van der Waals surface area contributed by atoms with E-state index in [2.05, 4.69) is 15.6 Å². The first-order valence-electron chi connectivity index (χ1n) is 6.37. The van der Waals surface area contributed by atoms with Crippen molar-refractivity contribution in [3.63, 3.8) is 0 Å². The number of carbonyl (C=O) groups is 1. The molecule has 2 aromatic rings. The molecule has 6 nitrogen and oxygen atoms in total. The fraction of sp³-hybridized carbons (Fsp3) is 0.214. The largest absolute Gasteiger partial charge is 0.478 e. The monoisotopic (exact) mass is 306 g/mol. The summed E-state index contributed by atoms with van der Waals surface area (Å²) in [5.74, 6) is -1.08. The highest BCUT2D eigenvalue weighted by Gasteiger charge is 2.09. The molecule has 0 atom stereocenters. The van der Waals surface area contributed by atoms with E-state index in [1.54, 1.807) is 16.9 Å². The first-order chi connectivity index (χ1) is 10.0. The van der Waals surface area contributed by atoms with Crippen molar-refractivity contribution in [3.8, 4) is 0 Å². The number of hydrogen-bond donors (Lipinski definition) is 2. The zero-order valence-electron chi connectivity index (χ0n) is 11.7. The first-order valence-corrected chi connectivity index (χ1v) is 6.75. The summed E-state index contributed by atoms with van der Waals surface area (Å²) >= 11 is 5.81. The minimum atomic E-state index is -1.08. The van der Waals surface area contributed by atoms with Gasteiger partial charge in [0.05, 0.1) is 28.2 Å². The van der Waals surface area contributed by atoms with Gasteiger partial charge in [-0.3, -0.25) is 10.1 Å². The molecule has 7 heteroatoms. The van der Waals surface area contributed by atoms with Crippen molar-refractivity contribution in [1.29, 1.82) is 0 Å². The van der Waals surface area contributed by atoms with Gasteiger partial charge >= 0.3 is 5.97 Å². The van der Waals surface area contributed by atoms with Gasteiger partial charge in [-0.1, -0.05) is 11.6 Å². The molecule has 0 spiro atoms. The summed E-state index contributed by atoms with van der Waals surface area (Å²) < 4.78 is 1.80. The molecular weight excluding hydrogens is 292 g/mol. The van der Waals surface area contributed by atoms with Crippen LogP contribution in [-0.4, -0.2) is 26.6 Å². The van der Waals surface area contributed by atoms with Crippen LogP contribution < -0.4 is 5.43 Å². The fourth-order valence-electron chi connectivity index (χ4n) is 1.70. The lowest BCUT2D eigenvalue weighted by molar-refractivity contribution is 0.0697. The van der Waals surface area contributed by atoms with E-state index in [-0.39, 0.29) is 10.6 Å². The quantitative estimate of drug-likeness (QED) is 0.657. The van der Waals surface area contributed by atoms with Crippen molar-refractivity contribution in [2.45, 2.75) is 20.4 Å². The van der Waals surface area contributed by atoms with Crippen LogP contribution in [0, 0.1) is 0 Å². The van der Waals surface area contributed by atoms with Gasteiger partial charge < -0.3 is 5.11 Å². The number of halogens is 1. The average Bonchev–Trinajstić information content (AvgIpc) is 2.94. The van der Waals surface area contributed by atoms with Crippen molar-refractivity contribution in [2.75, 3.05) is 5.43 Å². The van der Waals surface area contributed by atoms with Gasteiger partial charge in [0.1, 0.15) is 0 Å². The number of hydrogen-bond acceptors (Lipinski definition) is 4. The van der Waals surface area contributed by atoms with Gasteiger partial charge in [-0.05, 0) is 32.0 Å². The van der Waals surface area contributed by atoms with Gasteiger partial charge in [0.15, 0.2) is 0 Å². The lowest BCUT2D eigenvalue weighted by Gasteiger charge is -2.05. The van der Waals surface area contributed by atoms with Gasteiger partial charge in [0.2, 0.25) is 0 Å². The number of aromatic carboxylic acids is 1. The molecular formula is C14H15ClN4O2. The van der Waals surface area contributed by atoms with Gasteiger partial charge in [0, 0.05) is 18.3 Å². The van der Waals surface area contributed by atoms with Crippen molar-refractivity contribution >= 4 is 29.0 Å². The highest BCUT2D eigenvalue weighted by atomic mass is 35.5. The molecule has 21 heavy (non-hydrogen) atoms. The summed E-state index contributed by atoms with van der Waals surface area (Å²) in [6.45, 7) is 4.64. The SMILES string of the molecule is CCn1cc(C(C)=NNc2ccc(Cl)c(C(=O)O)c2)cn1. The van der Waals surface area contributed by atoms with Crippen LogP contribution in [0.25, 0.3) is 0 Å². The Labute approximate surface area is 127 Å². The highest BCUT2D eigenvalue weighted by molar-refractivity contribution is 6.33. The van der Waals surface area contributed by atoms with E-state index < -0.39 is 5.97 Å². The number of aryl methyl sites for hydroxylation is 1. The summed E-state index contributed by atoms with van der Waals surface area (Å²) in [5.41, 5.74) is 5.06. The van der Waals surface area contributed by atoms with E-state index >= 15 is 0 Å². The van der Waals surface area contributed by atoms with E-state index in [1.165, 1.54) is 12.1 Å². The minimum absolute atomic E-state index is 0.0355. The molecule has 0 amide bonds. The molecule has 0 aliphatic heterocycles. The molecule has 2 N–H and O–H groups in total. The lowest BCUT2D eigenvalue weighted by atomic mass is 10.2. The molecule has 0 aliphatic carbocycles. The number of nitrogens with zero attached hydrogens (tertiary/aromatic N) is 3. The molecule has 0 radical (unpaired) electrons. The maximum atomic E-state index is 11.0. The second-order valence-corrected chi connectivity index (χ2v) is 4.80. The number of carboxylic acid groups (broad SMARTS) is 1. The normalized spacial score (nSPS) is 11.5. The summed E-state index contributed by atoms with van der Waals surface area (Å²) in [6, 6.07) is 4.63. The molecule has 0 unspecified atom stereocenters. The minimum Gasteiger partial charge on any atom is -0.478 e. The highest BCUT2D eigenvalue weighted by Crippen LogP contribution is 2.20. The van der Waals surface area contributed by atoms with E-state index in [9.17, 15) is 4.79 Å². The number of anilines is 1. The zero-order chi connectivity index (χ0) is 15.4. The predicted octanol–water partition coefficient (Wildman–Crippen LogP) is 3.09. The standard InChI is InChI=1S/C14H15ClN4O2/c1-3-19-8-10(7-16-19)9(2)17-18-11-4-5-13(15)12(6-11)14(20)21/h4-8,18H,3H2,1-2H3,(H,20,21). The van der Waals surface area contributed by atoms with Crippen molar-refractivity contribution in [1.82, 2.24) is 9.78 Å². The zero-order valence-corrected chi connectivity index (χ0v) is 12.4. The second kappa shape index (κ2) is 6.41. The van der Waals surface area contributed by atoms with Crippen LogP contribution in [0.3, 0.4) is 0 Å². The molecule has 0 fully saturated rings. The number of hydrazone groups is 1. The van der Waals surface area contributed by atoms with Gasteiger partial charge in [-0.15, -0.1) is 0 Å². The topological polar surface area (TPSA) is 79.5 Å². The first kappa shape index (κ1) is 15.1. The summed E-state index contributed by atoms with van der Waals surface area (Å²) in [7, 11) is 0. The lowest BCUT2D eigenvalue weighted by Crippen LogP contribution is -2.01. The smallest absolute Gasteiger partial charge is 0.337 e. The molecule has 0 aliphatic rings. The van der Waals surface area contributed by atoms with Crippen molar-refractivity contribution < 1.29 is 9.90 Å². The van der Waals surface area contributed by atoms with Crippen molar-refractivity contribution in [2.24, 2.45) is 5.10 Å². The van der Waals surface area contributed by atoms with Crippen LogP contribution >= 0.6 is 11.6 Å². The Balaban J connectivity index is 2.16. The summed E-state index contributed by atoms with van der Waals surface area (Å²) in [5, 5.41) is 17.6. The third-order valence-corrected chi connectivity index (χ3v) is 3.25. The van der Waals surface area contributed by atoms with Gasteiger partial charge in [0.25, 0.3) is 0 Å². The average molecular weight is 307 g/mol. The maximum Gasteiger partial charge on any atom is 0.337 e. The Morgan fingerprint density at radius 3 is 2.90 bits per heavy atom. The molecule has 1 aromatic carbocycles. The third kappa shape index (κ3) is 3.61. The Morgan fingerprint density at radius 1 is 1.52 bits per heavy atom. The number of benzene rings is 1. The van der Waals surface area contributed by atoms with E-state index in [0.717, 1.165) is 17.8 Å². The maximum absolute atomic E-state index is 11.0. The Morgan fingerprint density at radius 2 is 2.29 bits per heavy atom. The Kier molecular flexibility index (Phi) is 4.59. The number of nitrogens with one attached hydrogen (secondary N) is 1. The Hall–Kier alpha value is -2.34. The molecule has 1 aromatic heterocycles. The van der Waals surface area contributed by atoms with Crippen molar-refractivity contribution in [3.05, 3.63) is 46.7 Å². The molecule has 0 saturated carbocycles. The summed E-state index contributed by atoms with van der Waals surface area (Å²) in [4.78, 5) is 11.0. The number of carboxylic acids is 1.